The standard InChI is InChI=1S/C28H30FN7O5/c1-18-36(15-21(41-18)17-40-28(39)19-2-3-19)20-4-5-24(22(29)12-20)33-8-10-34(11-9-33)26(37)14-31-27(38)23-16-35-7-6-30-13-25(35)32-23/h4-7,12-13,16,19,21H,1-3,8-11,14-15,17H2,(H,31,38). The Morgan fingerprint density at radius 1 is 1.17 bits per heavy atom. The fourth-order valence-corrected chi connectivity index (χ4v) is 4.97. The molecule has 0 spiro atoms. The van der Waals surface area contributed by atoms with Crippen molar-refractivity contribution in [2.45, 2.75) is 18.9 Å². The quantitative estimate of drug-likeness (QED) is 0.407. The molecule has 1 N–H and O–H groups in total. The van der Waals surface area contributed by atoms with Crippen molar-refractivity contribution < 1.29 is 28.2 Å². The van der Waals surface area contributed by atoms with E-state index in [2.05, 4.69) is 21.9 Å². The molecule has 2 aromatic heterocycles. The molecule has 214 valence electrons. The van der Waals surface area contributed by atoms with Crippen LogP contribution in [0, 0.1) is 11.7 Å². The maximum absolute atomic E-state index is 15.2. The van der Waals surface area contributed by atoms with E-state index in [1.807, 2.05) is 4.90 Å². The second-order valence-electron chi connectivity index (χ2n) is 10.3. The van der Waals surface area contributed by atoms with Crippen molar-refractivity contribution in [3.63, 3.8) is 0 Å². The van der Waals surface area contributed by atoms with Crippen molar-refractivity contribution in [1.29, 1.82) is 0 Å². The number of hydrogen-bond acceptors (Lipinski definition) is 9. The molecular formula is C28H30FN7O5. The number of carbonyl (C=O) groups excluding carboxylic acids is 3. The third-order valence-electron chi connectivity index (χ3n) is 7.43. The van der Waals surface area contributed by atoms with Gasteiger partial charge in [0.1, 0.15) is 18.1 Å². The summed E-state index contributed by atoms with van der Waals surface area (Å²) in [5.74, 6) is -0.856. The van der Waals surface area contributed by atoms with Crippen LogP contribution in [0.4, 0.5) is 15.8 Å². The van der Waals surface area contributed by atoms with Crippen molar-refractivity contribution in [3.05, 3.63) is 67.0 Å². The molecule has 3 aromatic rings. The molecule has 13 heteroatoms. The SMILES string of the molecule is C=C1OC(COC(=O)C2CC2)CN1c1ccc(N2CCN(C(=O)CNC(=O)c3cn4ccncc4n3)CC2)c(F)c1. The number of amides is 2. The molecule has 41 heavy (non-hydrogen) atoms. The Balaban J connectivity index is 0.984. The molecule has 2 amide bonds. The van der Waals surface area contributed by atoms with Crippen molar-refractivity contribution in [2.24, 2.45) is 5.92 Å². The predicted molar refractivity (Wildman–Crippen MR) is 146 cm³/mol. The zero-order chi connectivity index (χ0) is 28.5. The molecule has 2 saturated heterocycles. The van der Waals surface area contributed by atoms with Gasteiger partial charge in [0.15, 0.2) is 17.6 Å². The highest BCUT2D eigenvalue weighted by Crippen LogP contribution is 2.32. The first-order valence-corrected chi connectivity index (χ1v) is 13.5. The average molecular weight is 564 g/mol. The van der Waals surface area contributed by atoms with Gasteiger partial charge in [-0.3, -0.25) is 19.4 Å². The fourth-order valence-electron chi connectivity index (χ4n) is 4.97. The van der Waals surface area contributed by atoms with E-state index < -0.39 is 11.7 Å². The molecular weight excluding hydrogens is 533 g/mol. The number of fused-ring (bicyclic) bond motifs is 1. The van der Waals surface area contributed by atoms with Crippen LogP contribution in [-0.4, -0.2) is 89.0 Å². The van der Waals surface area contributed by atoms with E-state index in [9.17, 15) is 14.4 Å². The highest BCUT2D eigenvalue weighted by atomic mass is 19.1. The minimum absolute atomic E-state index is 0.0189. The van der Waals surface area contributed by atoms with Crippen molar-refractivity contribution in [3.8, 4) is 0 Å². The molecule has 3 aliphatic rings. The van der Waals surface area contributed by atoms with Gasteiger partial charge in [-0.2, -0.15) is 0 Å². The Bertz CT molecular complexity index is 1460. The van der Waals surface area contributed by atoms with Gasteiger partial charge in [-0.25, -0.2) is 9.37 Å². The Kier molecular flexibility index (Phi) is 7.16. The van der Waals surface area contributed by atoms with Gasteiger partial charge in [-0.15, -0.1) is 0 Å². The summed E-state index contributed by atoms with van der Waals surface area (Å²) < 4.78 is 27.9. The number of imidazole rings is 1. The van der Waals surface area contributed by atoms with Crippen molar-refractivity contribution >= 4 is 34.8 Å². The highest BCUT2D eigenvalue weighted by Gasteiger charge is 2.34. The molecule has 0 bridgehead atoms. The van der Waals surface area contributed by atoms with Gasteiger partial charge in [0.25, 0.3) is 5.91 Å². The molecule has 1 unspecified atom stereocenters. The van der Waals surface area contributed by atoms with Crippen LogP contribution in [0.15, 0.2) is 55.4 Å². The van der Waals surface area contributed by atoms with E-state index in [-0.39, 0.29) is 42.7 Å². The van der Waals surface area contributed by atoms with Crippen LogP contribution in [0.1, 0.15) is 23.3 Å². The van der Waals surface area contributed by atoms with Crippen LogP contribution in [0.3, 0.4) is 0 Å². The van der Waals surface area contributed by atoms with E-state index in [1.54, 1.807) is 51.1 Å². The predicted octanol–water partition coefficient (Wildman–Crippen LogP) is 1.58. The van der Waals surface area contributed by atoms with Crippen LogP contribution in [0.5, 0.6) is 0 Å². The van der Waals surface area contributed by atoms with Crippen LogP contribution in [0.2, 0.25) is 0 Å². The molecule has 3 fully saturated rings. The molecule has 1 aromatic carbocycles. The van der Waals surface area contributed by atoms with Gasteiger partial charge in [0.2, 0.25) is 5.91 Å². The largest absolute Gasteiger partial charge is 0.470 e. The third kappa shape index (κ3) is 5.79. The highest BCUT2D eigenvalue weighted by molar-refractivity contribution is 5.95. The van der Waals surface area contributed by atoms with Gasteiger partial charge in [0.05, 0.1) is 30.9 Å². The van der Waals surface area contributed by atoms with Crippen LogP contribution in [-0.2, 0) is 19.1 Å². The summed E-state index contributed by atoms with van der Waals surface area (Å²) >= 11 is 0. The molecule has 0 radical (unpaired) electrons. The lowest BCUT2D eigenvalue weighted by Gasteiger charge is -2.36. The molecule has 2 aliphatic heterocycles. The molecule has 1 atom stereocenters. The van der Waals surface area contributed by atoms with Gasteiger partial charge >= 0.3 is 5.97 Å². The normalized spacial score (nSPS) is 18.9. The number of nitrogens with zero attached hydrogens (tertiary/aromatic N) is 6. The zero-order valence-electron chi connectivity index (χ0n) is 22.4. The Labute approximate surface area is 235 Å². The second kappa shape index (κ2) is 11.1. The summed E-state index contributed by atoms with van der Waals surface area (Å²) in [6.07, 6.45) is 7.79. The van der Waals surface area contributed by atoms with E-state index in [0.717, 1.165) is 12.8 Å². The number of aromatic nitrogens is 3. The lowest BCUT2D eigenvalue weighted by atomic mass is 10.2. The zero-order valence-corrected chi connectivity index (χ0v) is 22.4. The lowest BCUT2D eigenvalue weighted by molar-refractivity contribution is -0.147. The van der Waals surface area contributed by atoms with Gasteiger partial charge in [-0.05, 0) is 37.6 Å². The smallest absolute Gasteiger partial charge is 0.309 e. The monoisotopic (exact) mass is 563 g/mol. The van der Waals surface area contributed by atoms with Crippen LogP contribution in [0.25, 0.3) is 5.65 Å². The third-order valence-corrected chi connectivity index (χ3v) is 7.43. The number of anilines is 2. The van der Waals surface area contributed by atoms with Gasteiger partial charge in [0, 0.05) is 50.5 Å². The lowest BCUT2D eigenvalue weighted by Crippen LogP contribution is -2.51. The first kappa shape index (κ1) is 26.5. The van der Waals surface area contributed by atoms with E-state index >= 15 is 4.39 Å². The number of piperazine rings is 1. The number of nitrogens with one attached hydrogen (secondary N) is 1. The van der Waals surface area contributed by atoms with Crippen molar-refractivity contribution in [2.75, 3.05) is 55.7 Å². The van der Waals surface area contributed by atoms with Crippen LogP contribution >= 0.6 is 0 Å². The first-order valence-electron chi connectivity index (χ1n) is 13.5. The summed E-state index contributed by atoms with van der Waals surface area (Å²) in [6.45, 7) is 5.99. The Morgan fingerprint density at radius 2 is 1.98 bits per heavy atom. The Hall–Kier alpha value is -4.68. The summed E-state index contributed by atoms with van der Waals surface area (Å²) in [4.78, 5) is 50.5. The molecule has 4 heterocycles. The number of esters is 1. The van der Waals surface area contributed by atoms with E-state index in [1.165, 1.54) is 6.07 Å². The number of benzene rings is 1. The summed E-state index contributed by atoms with van der Waals surface area (Å²) in [6, 6.07) is 4.94. The topological polar surface area (TPSA) is 122 Å². The number of halogens is 1. The van der Waals surface area contributed by atoms with Gasteiger partial charge in [-0.1, -0.05) is 0 Å². The number of ether oxygens (including phenoxy) is 2. The number of rotatable bonds is 8. The van der Waals surface area contributed by atoms with Crippen LogP contribution < -0.4 is 15.1 Å². The first-order chi connectivity index (χ1) is 19.9. The minimum Gasteiger partial charge on any atom is -0.470 e. The van der Waals surface area contributed by atoms with Crippen molar-refractivity contribution in [1.82, 2.24) is 24.6 Å². The maximum atomic E-state index is 15.2. The summed E-state index contributed by atoms with van der Waals surface area (Å²) in [7, 11) is 0. The molecule has 1 aliphatic carbocycles. The fraction of sp³-hybridized carbons (Fsp3) is 0.393. The molecule has 6 rings (SSSR count). The molecule has 1 saturated carbocycles. The van der Waals surface area contributed by atoms with E-state index in [0.29, 0.717) is 55.6 Å². The Morgan fingerprint density at radius 3 is 2.71 bits per heavy atom. The molecule has 12 nitrogen and oxygen atoms in total. The van der Waals surface area contributed by atoms with E-state index in [4.69, 9.17) is 9.47 Å². The average Bonchev–Trinajstić information content (AvgIpc) is 3.64. The van der Waals surface area contributed by atoms with Gasteiger partial charge < -0.3 is 33.9 Å². The minimum atomic E-state index is -0.445. The summed E-state index contributed by atoms with van der Waals surface area (Å²) in [5, 5.41) is 2.62. The number of carbonyl (C=O) groups is 3. The summed E-state index contributed by atoms with van der Waals surface area (Å²) in [5.41, 5.74) is 1.77. The maximum Gasteiger partial charge on any atom is 0.309 e. The second-order valence-corrected chi connectivity index (χ2v) is 10.3. The number of hydrogen-bond donors (Lipinski definition) is 1.